The van der Waals surface area contributed by atoms with E-state index in [-0.39, 0.29) is 18.5 Å². The van der Waals surface area contributed by atoms with Gasteiger partial charge in [-0.2, -0.15) is 5.26 Å². The van der Waals surface area contributed by atoms with Crippen LogP contribution in [0.4, 0.5) is 0 Å². The third-order valence-electron chi connectivity index (χ3n) is 4.30. The van der Waals surface area contributed by atoms with Gasteiger partial charge in [0.05, 0.1) is 12.6 Å². The first-order valence-electron chi connectivity index (χ1n) is 7.86. The van der Waals surface area contributed by atoms with Crippen LogP contribution in [0.2, 0.25) is 10.0 Å². The molecule has 1 fully saturated rings. The number of carbonyl (C=O) groups excluding carboxylic acids is 1. The first kappa shape index (κ1) is 18.1. The summed E-state index contributed by atoms with van der Waals surface area (Å²) >= 11 is 12.1. The Morgan fingerprint density at radius 1 is 1.35 bits per heavy atom. The van der Waals surface area contributed by atoms with Gasteiger partial charge in [-0.05, 0) is 37.5 Å². The number of rotatable bonds is 5. The molecular formula is C17H21Cl2N3O. The highest BCUT2D eigenvalue weighted by molar-refractivity contribution is 6.35. The van der Waals surface area contributed by atoms with Crippen molar-refractivity contribution in [1.82, 2.24) is 10.6 Å². The van der Waals surface area contributed by atoms with Crippen LogP contribution in [-0.4, -0.2) is 18.0 Å². The van der Waals surface area contributed by atoms with E-state index < -0.39 is 5.54 Å². The third-order valence-corrected chi connectivity index (χ3v) is 4.86. The van der Waals surface area contributed by atoms with E-state index in [0.717, 1.165) is 37.7 Å². The summed E-state index contributed by atoms with van der Waals surface area (Å²) in [7, 11) is 0. The zero-order valence-corrected chi connectivity index (χ0v) is 14.7. The number of benzene rings is 1. The molecule has 0 heterocycles. The van der Waals surface area contributed by atoms with E-state index in [9.17, 15) is 10.1 Å². The topological polar surface area (TPSA) is 64.9 Å². The summed E-state index contributed by atoms with van der Waals surface area (Å²) in [5, 5.41) is 16.6. The maximum absolute atomic E-state index is 12.2. The van der Waals surface area contributed by atoms with E-state index in [1.165, 1.54) is 0 Å². The van der Waals surface area contributed by atoms with Gasteiger partial charge in [-0.1, -0.05) is 48.5 Å². The first-order valence-corrected chi connectivity index (χ1v) is 8.62. The highest BCUT2D eigenvalue weighted by Crippen LogP contribution is 2.28. The molecule has 0 aliphatic heterocycles. The summed E-state index contributed by atoms with van der Waals surface area (Å²) in [4.78, 5) is 12.2. The lowest BCUT2D eigenvalue weighted by atomic mass is 9.83. The smallest absolute Gasteiger partial charge is 0.235 e. The molecule has 6 heteroatoms. The lowest BCUT2D eigenvalue weighted by Crippen LogP contribution is -2.51. The van der Waals surface area contributed by atoms with Gasteiger partial charge < -0.3 is 10.6 Å². The lowest BCUT2D eigenvalue weighted by Gasteiger charge is -2.31. The Bertz CT molecular complexity index is 606. The number of nitrogens with one attached hydrogen (secondary N) is 2. The molecule has 0 spiro atoms. The molecule has 2 rings (SSSR count). The Morgan fingerprint density at radius 3 is 2.65 bits per heavy atom. The fraction of sp³-hybridized carbons (Fsp3) is 0.529. The summed E-state index contributed by atoms with van der Waals surface area (Å²) in [6.45, 7) is 2.08. The van der Waals surface area contributed by atoms with E-state index in [1.807, 2.05) is 13.0 Å². The predicted molar refractivity (Wildman–Crippen MR) is 92.5 cm³/mol. The maximum Gasteiger partial charge on any atom is 0.235 e. The SMILES string of the molecule is C[C@@H](NCC(=O)NC1(C#N)CCCCC1)c1ccc(Cl)cc1Cl. The fourth-order valence-corrected chi connectivity index (χ4v) is 3.51. The van der Waals surface area contributed by atoms with Gasteiger partial charge in [-0.3, -0.25) is 4.79 Å². The highest BCUT2D eigenvalue weighted by Gasteiger charge is 2.33. The van der Waals surface area contributed by atoms with Gasteiger partial charge in [0.25, 0.3) is 0 Å². The Kier molecular flexibility index (Phi) is 6.29. The molecule has 1 saturated carbocycles. The number of carbonyl (C=O) groups is 1. The molecular weight excluding hydrogens is 333 g/mol. The molecule has 1 aromatic rings. The van der Waals surface area contributed by atoms with Crippen molar-refractivity contribution in [2.75, 3.05) is 6.54 Å². The van der Waals surface area contributed by atoms with Crippen molar-refractivity contribution in [3.05, 3.63) is 33.8 Å². The summed E-state index contributed by atoms with van der Waals surface area (Å²) in [5.41, 5.74) is 0.189. The molecule has 1 aromatic carbocycles. The van der Waals surface area contributed by atoms with Crippen molar-refractivity contribution in [2.24, 2.45) is 0 Å². The minimum atomic E-state index is -0.696. The van der Waals surface area contributed by atoms with Gasteiger partial charge in [0.1, 0.15) is 5.54 Å². The maximum atomic E-state index is 12.2. The van der Waals surface area contributed by atoms with Crippen LogP contribution in [0.3, 0.4) is 0 Å². The van der Waals surface area contributed by atoms with E-state index >= 15 is 0 Å². The Labute approximate surface area is 147 Å². The molecule has 124 valence electrons. The average Bonchev–Trinajstić information content (AvgIpc) is 2.53. The summed E-state index contributed by atoms with van der Waals surface area (Å²) in [5.74, 6) is -0.162. The van der Waals surface area contributed by atoms with E-state index in [0.29, 0.717) is 10.0 Å². The Balaban J connectivity index is 1.89. The van der Waals surface area contributed by atoms with Crippen LogP contribution in [0, 0.1) is 11.3 Å². The van der Waals surface area contributed by atoms with Crippen molar-refractivity contribution in [1.29, 1.82) is 5.26 Å². The largest absolute Gasteiger partial charge is 0.337 e. The quantitative estimate of drug-likeness (QED) is 0.840. The molecule has 2 N–H and O–H groups in total. The molecule has 0 radical (unpaired) electrons. The minimum absolute atomic E-state index is 0.0880. The van der Waals surface area contributed by atoms with Crippen LogP contribution in [-0.2, 0) is 4.79 Å². The second kappa shape index (κ2) is 8.01. The number of nitrogens with zero attached hydrogens (tertiary/aromatic N) is 1. The molecule has 1 aliphatic rings. The van der Waals surface area contributed by atoms with Crippen LogP contribution in [0.1, 0.15) is 50.6 Å². The van der Waals surface area contributed by atoms with Crippen molar-refractivity contribution in [3.63, 3.8) is 0 Å². The highest BCUT2D eigenvalue weighted by atomic mass is 35.5. The van der Waals surface area contributed by atoms with Gasteiger partial charge in [-0.25, -0.2) is 0 Å². The van der Waals surface area contributed by atoms with Gasteiger partial charge in [0, 0.05) is 16.1 Å². The zero-order chi connectivity index (χ0) is 16.9. The summed E-state index contributed by atoms with van der Waals surface area (Å²) < 4.78 is 0. The number of hydrogen-bond donors (Lipinski definition) is 2. The number of hydrogen-bond acceptors (Lipinski definition) is 3. The Morgan fingerprint density at radius 2 is 2.04 bits per heavy atom. The number of halogens is 2. The van der Waals surface area contributed by atoms with Crippen molar-refractivity contribution in [3.8, 4) is 6.07 Å². The predicted octanol–water partition coefficient (Wildman–Crippen LogP) is 3.99. The van der Waals surface area contributed by atoms with Gasteiger partial charge >= 0.3 is 0 Å². The van der Waals surface area contributed by atoms with E-state index in [1.54, 1.807) is 12.1 Å². The van der Waals surface area contributed by atoms with Gasteiger partial charge in [-0.15, -0.1) is 0 Å². The normalized spacial score (nSPS) is 18.0. The molecule has 0 saturated heterocycles. The van der Waals surface area contributed by atoms with Crippen LogP contribution in [0.25, 0.3) is 0 Å². The molecule has 1 aliphatic carbocycles. The molecule has 0 unspecified atom stereocenters. The molecule has 1 amide bonds. The van der Waals surface area contributed by atoms with Crippen molar-refractivity contribution < 1.29 is 4.79 Å². The molecule has 0 bridgehead atoms. The second-order valence-corrected chi connectivity index (χ2v) is 6.91. The molecule has 23 heavy (non-hydrogen) atoms. The second-order valence-electron chi connectivity index (χ2n) is 6.07. The van der Waals surface area contributed by atoms with Crippen molar-refractivity contribution in [2.45, 2.75) is 50.6 Å². The van der Waals surface area contributed by atoms with Crippen molar-refractivity contribution >= 4 is 29.1 Å². The molecule has 1 atom stereocenters. The standard InChI is InChI=1S/C17H21Cl2N3O/c1-12(14-6-5-13(18)9-15(14)19)21-10-16(23)22-17(11-20)7-3-2-4-8-17/h5-6,9,12,21H,2-4,7-8,10H2,1H3,(H,22,23)/t12-/m1/s1. The fourth-order valence-electron chi connectivity index (χ4n) is 2.94. The number of amides is 1. The van der Waals surface area contributed by atoms with E-state index in [2.05, 4.69) is 16.7 Å². The van der Waals surface area contributed by atoms with Crippen LogP contribution < -0.4 is 10.6 Å². The monoisotopic (exact) mass is 353 g/mol. The van der Waals surface area contributed by atoms with Crippen LogP contribution >= 0.6 is 23.2 Å². The third kappa shape index (κ3) is 4.84. The van der Waals surface area contributed by atoms with Gasteiger partial charge in [0.15, 0.2) is 0 Å². The molecule has 4 nitrogen and oxygen atoms in total. The summed E-state index contributed by atoms with van der Waals surface area (Å²) in [6.07, 6.45) is 4.56. The van der Waals surface area contributed by atoms with Gasteiger partial charge in [0.2, 0.25) is 5.91 Å². The van der Waals surface area contributed by atoms with Crippen LogP contribution in [0.15, 0.2) is 18.2 Å². The molecule has 0 aromatic heterocycles. The summed E-state index contributed by atoms with van der Waals surface area (Å²) in [6, 6.07) is 7.50. The van der Waals surface area contributed by atoms with E-state index in [4.69, 9.17) is 23.2 Å². The van der Waals surface area contributed by atoms with Crippen LogP contribution in [0.5, 0.6) is 0 Å². The average molecular weight is 354 g/mol. The zero-order valence-electron chi connectivity index (χ0n) is 13.2. The lowest BCUT2D eigenvalue weighted by molar-refractivity contribution is -0.122. The first-order chi connectivity index (χ1) is 11.0. The Hall–Kier alpha value is -1.28. The minimum Gasteiger partial charge on any atom is -0.337 e. The number of nitriles is 1.